The third-order valence-electron chi connectivity index (χ3n) is 4.99. The van der Waals surface area contributed by atoms with Crippen LogP contribution >= 0.6 is 11.5 Å². The van der Waals surface area contributed by atoms with Crippen molar-refractivity contribution in [2.75, 3.05) is 31.2 Å². The van der Waals surface area contributed by atoms with Gasteiger partial charge in [-0.2, -0.15) is 9.36 Å². The zero-order valence-electron chi connectivity index (χ0n) is 17.2. The number of ether oxygens (including phenoxy) is 2. The van der Waals surface area contributed by atoms with Crippen molar-refractivity contribution in [3.63, 3.8) is 0 Å². The molecule has 1 saturated heterocycles. The molecule has 3 aromatic rings. The average Bonchev–Trinajstić information content (AvgIpc) is 3.54. The third-order valence-corrected chi connectivity index (χ3v) is 5.73. The number of imidazole rings is 1. The molecule has 0 radical (unpaired) electrons. The summed E-state index contributed by atoms with van der Waals surface area (Å²) in [5.41, 5.74) is 6.67. The Morgan fingerprint density at radius 1 is 1.28 bits per heavy atom. The molecule has 11 nitrogen and oxygen atoms in total. The van der Waals surface area contributed by atoms with Gasteiger partial charge in [-0.15, -0.1) is 0 Å². The topological polar surface area (TPSA) is 149 Å². The highest BCUT2D eigenvalue weighted by Crippen LogP contribution is 2.31. The summed E-state index contributed by atoms with van der Waals surface area (Å²) in [5, 5.41) is 19.2. The third kappa shape index (κ3) is 4.98. The Morgan fingerprint density at radius 2 is 2.09 bits per heavy atom. The van der Waals surface area contributed by atoms with Crippen LogP contribution in [0.4, 0.5) is 5.13 Å². The normalized spacial score (nSPS) is 19.4. The van der Waals surface area contributed by atoms with Crippen molar-refractivity contribution in [3.8, 4) is 17.4 Å². The van der Waals surface area contributed by atoms with Crippen LogP contribution in [-0.2, 0) is 11.2 Å². The highest BCUT2D eigenvalue weighted by molar-refractivity contribution is 7.09. The Bertz CT molecular complexity index is 1040. The number of nitrogens with two attached hydrogens (primary N) is 1. The summed E-state index contributed by atoms with van der Waals surface area (Å²) in [6.45, 7) is 2.21. The number of nitrogens with zero attached hydrogens (tertiary/aromatic N) is 5. The summed E-state index contributed by atoms with van der Waals surface area (Å²) in [5.74, 6) is 1.17. The number of aromatic nitrogens is 4. The van der Waals surface area contributed by atoms with Gasteiger partial charge in [0.15, 0.2) is 11.5 Å². The van der Waals surface area contributed by atoms with Crippen molar-refractivity contribution < 1.29 is 24.5 Å². The first-order chi connectivity index (χ1) is 15.5. The summed E-state index contributed by atoms with van der Waals surface area (Å²) in [6.07, 6.45) is 5.33. The molecule has 0 amide bonds. The van der Waals surface area contributed by atoms with E-state index in [1.54, 1.807) is 28.2 Å². The molecule has 2 aliphatic rings. The van der Waals surface area contributed by atoms with Crippen LogP contribution in [0.3, 0.4) is 0 Å². The van der Waals surface area contributed by atoms with Crippen molar-refractivity contribution in [2.45, 2.75) is 25.0 Å². The van der Waals surface area contributed by atoms with Gasteiger partial charge in [0.25, 0.3) is 0 Å². The number of carboxylic acids is 1. The number of benzene rings is 1. The molecule has 1 aromatic carbocycles. The predicted molar refractivity (Wildman–Crippen MR) is 117 cm³/mol. The number of hydrogen-bond donors (Lipinski definition) is 3. The first-order valence-corrected chi connectivity index (χ1v) is 10.9. The van der Waals surface area contributed by atoms with Crippen LogP contribution in [0.2, 0.25) is 0 Å². The van der Waals surface area contributed by atoms with Gasteiger partial charge in [-0.3, -0.25) is 4.57 Å². The molecule has 170 valence electrons. The molecule has 2 aromatic heterocycles. The van der Waals surface area contributed by atoms with E-state index in [4.69, 9.17) is 20.3 Å². The standard InChI is InChI=1S/C10H11N5O3S.C10H13NO2/c16-6-3-7(8(17)18)15(4-6)10-12-9(13-19-10)14-2-1-11-5-14;11-4-3-8-1-2-9-10(7-8)13-6-5-12-9/h1-2,5-7,16H,3-4H2,(H,17,18);1-2,7H,3-6,11H2/t6-,7-;/m1./s1. The maximum atomic E-state index is 11.2. The van der Waals surface area contributed by atoms with Gasteiger partial charge in [0.2, 0.25) is 11.1 Å². The van der Waals surface area contributed by atoms with E-state index in [0.717, 1.165) is 29.5 Å². The Morgan fingerprint density at radius 3 is 2.81 bits per heavy atom. The summed E-state index contributed by atoms with van der Waals surface area (Å²) >= 11 is 1.11. The number of aliphatic hydroxyl groups excluding tert-OH is 1. The second-order valence-corrected chi connectivity index (χ2v) is 7.99. The Hall–Kier alpha value is -3.22. The monoisotopic (exact) mass is 460 g/mol. The lowest BCUT2D eigenvalue weighted by molar-refractivity contribution is -0.138. The molecule has 2 aliphatic heterocycles. The van der Waals surface area contributed by atoms with Gasteiger partial charge in [0, 0.05) is 36.9 Å². The fourth-order valence-electron chi connectivity index (χ4n) is 3.48. The predicted octanol–water partition coefficient (Wildman–Crippen LogP) is 0.707. The van der Waals surface area contributed by atoms with Gasteiger partial charge in [-0.25, -0.2) is 9.78 Å². The van der Waals surface area contributed by atoms with Crippen molar-refractivity contribution in [3.05, 3.63) is 42.5 Å². The second-order valence-electron chi connectivity index (χ2n) is 7.26. The van der Waals surface area contributed by atoms with Gasteiger partial charge < -0.3 is 30.3 Å². The number of rotatable bonds is 5. The van der Waals surface area contributed by atoms with E-state index >= 15 is 0 Å². The van der Waals surface area contributed by atoms with Gasteiger partial charge in [0.05, 0.1) is 6.10 Å². The minimum Gasteiger partial charge on any atom is -0.486 e. The molecule has 0 aliphatic carbocycles. The van der Waals surface area contributed by atoms with Crippen LogP contribution in [0.1, 0.15) is 12.0 Å². The Balaban J connectivity index is 0.000000165. The van der Waals surface area contributed by atoms with E-state index in [1.807, 2.05) is 18.2 Å². The summed E-state index contributed by atoms with van der Waals surface area (Å²) in [7, 11) is 0. The van der Waals surface area contributed by atoms with Crippen LogP contribution in [0.5, 0.6) is 11.5 Å². The fourth-order valence-corrected chi connectivity index (χ4v) is 4.20. The molecule has 1 fully saturated rings. The van der Waals surface area contributed by atoms with Gasteiger partial charge in [0.1, 0.15) is 25.6 Å². The molecule has 5 rings (SSSR count). The number of carbonyl (C=O) groups is 1. The van der Waals surface area contributed by atoms with Crippen LogP contribution in [0.25, 0.3) is 5.95 Å². The lowest BCUT2D eigenvalue weighted by Gasteiger charge is -2.18. The highest BCUT2D eigenvalue weighted by atomic mass is 32.1. The van der Waals surface area contributed by atoms with Gasteiger partial charge >= 0.3 is 5.97 Å². The van der Waals surface area contributed by atoms with E-state index < -0.39 is 18.1 Å². The molecule has 0 spiro atoms. The largest absolute Gasteiger partial charge is 0.486 e. The van der Waals surface area contributed by atoms with Gasteiger partial charge in [-0.05, 0) is 30.7 Å². The first kappa shape index (κ1) is 22.0. The van der Waals surface area contributed by atoms with E-state index in [2.05, 4.69) is 14.3 Å². The average molecular weight is 461 g/mol. The maximum absolute atomic E-state index is 11.2. The van der Waals surface area contributed by atoms with Crippen LogP contribution in [0.15, 0.2) is 36.9 Å². The zero-order chi connectivity index (χ0) is 22.5. The number of fused-ring (bicyclic) bond motifs is 1. The number of carboxylic acid groups (broad SMARTS) is 1. The van der Waals surface area contributed by atoms with E-state index in [0.29, 0.717) is 30.8 Å². The first-order valence-electron chi connectivity index (χ1n) is 10.1. The highest BCUT2D eigenvalue weighted by Gasteiger charge is 2.37. The minimum absolute atomic E-state index is 0.204. The Labute approximate surface area is 188 Å². The van der Waals surface area contributed by atoms with Crippen molar-refractivity contribution >= 4 is 22.6 Å². The molecule has 4 heterocycles. The molecule has 4 N–H and O–H groups in total. The number of aliphatic hydroxyl groups is 1. The lowest BCUT2D eigenvalue weighted by atomic mass is 10.1. The minimum atomic E-state index is -0.962. The molecule has 0 bridgehead atoms. The number of anilines is 1. The SMILES string of the molecule is NCCc1ccc2c(c1)OCCO2.O=C(O)[C@H]1C[C@@H](O)CN1c1nc(-n2ccnc2)ns1. The van der Waals surface area contributed by atoms with E-state index in [9.17, 15) is 9.90 Å². The molecule has 0 unspecified atom stereocenters. The molecule has 12 heteroatoms. The quantitative estimate of drug-likeness (QED) is 0.497. The zero-order valence-corrected chi connectivity index (χ0v) is 18.0. The van der Waals surface area contributed by atoms with E-state index in [-0.39, 0.29) is 13.0 Å². The van der Waals surface area contributed by atoms with Crippen LogP contribution in [0, 0.1) is 0 Å². The molecule has 32 heavy (non-hydrogen) atoms. The lowest BCUT2D eigenvalue weighted by Crippen LogP contribution is -2.35. The molecular weight excluding hydrogens is 436 g/mol. The van der Waals surface area contributed by atoms with E-state index in [1.165, 1.54) is 5.56 Å². The second kappa shape index (κ2) is 9.94. The molecular formula is C20H24N6O5S. The summed E-state index contributed by atoms with van der Waals surface area (Å²) in [4.78, 5) is 20.9. The molecule has 0 saturated carbocycles. The molecule has 2 atom stereocenters. The number of β-amino-alcohol motifs (C(OH)–C–C–N with tert-alkyl or cyclic N) is 1. The van der Waals surface area contributed by atoms with Crippen molar-refractivity contribution in [2.24, 2.45) is 5.73 Å². The Kier molecular flexibility index (Phi) is 6.83. The number of hydrogen-bond acceptors (Lipinski definition) is 10. The van der Waals surface area contributed by atoms with Gasteiger partial charge in [-0.1, -0.05) is 6.07 Å². The van der Waals surface area contributed by atoms with Crippen LogP contribution < -0.4 is 20.1 Å². The summed E-state index contributed by atoms with van der Waals surface area (Å²) < 4.78 is 16.6. The van der Waals surface area contributed by atoms with Crippen molar-refractivity contribution in [1.29, 1.82) is 0 Å². The maximum Gasteiger partial charge on any atom is 0.326 e. The van der Waals surface area contributed by atoms with Crippen molar-refractivity contribution in [1.82, 2.24) is 18.9 Å². The fraction of sp³-hybridized carbons (Fsp3) is 0.400. The summed E-state index contributed by atoms with van der Waals surface area (Å²) in [6, 6.07) is 5.22. The van der Waals surface area contributed by atoms with Crippen LogP contribution in [-0.4, -0.2) is 73.5 Å². The number of aliphatic carboxylic acids is 1. The smallest absolute Gasteiger partial charge is 0.326 e.